The molecular formula is C25H40O2. The number of hydrogen-bond acceptors (Lipinski definition) is 1. The molecule has 2 nitrogen and oxygen atoms in total. The summed E-state index contributed by atoms with van der Waals surface area (Å²) in [6, 6.07) is 0. The minimum absolute atomic E-state index is 0.817. The molecule has 0 aliphatic heterocycles. The van der Waals surface area contributed by atoms with Crippen molar-refractivity contribution < 1.29 is 9.90 Å². The maximum atomic E-state index is 10.6. The predicted molar refractivity (Wildman–Crippen MR) is 119 cm³/mol. The molecule has 0 unspecified atom stereocenters. The SMILES string of the molecule is CC(C)=CCCC(C)=CCCC(C)=CCC/C(C)=C/CC/C(C)=C/C(=O)O. The van der Waals surface area contributed by atoms with E-state index in [-0.39, 0.29) is 0 Å². The molecule has 27 heavy (non-hydrogen) atoms. The predicted octanol–water partition coefficient (Wildman–Crippen LogP) is 7.94. The van der Waals surface area contributed by atoms with Crippen LogP contribution in [0.4, 0.5) is 0 Å². The fourth-order valence-electron chi connectivity index (χ4n) is 2.82. The molecule has 1 N–H and O–H groups in total. The van der Waals surface area contributed by atoms with Crippen LogP contribution in [0.5, 0.6) is 0 Å². The molecular weight excluding hydrogens is 332 g/mol. The number of hydrogen-bond donors (Lipinski definition) is 1. The van der Waals surface area contributed by atoms with Gasteiger partial charge in [-0.1, -0.05) is 52.2 Å². The third-order valence-corrected chi connectivity index (χ3v) is 4.56. The largest absolute Gasteiger partial charge is 0.478 e. The van der Waals surface area contributed by atoms with E-state index in [1.165, 1.54) is 34.8 Å². The lowest BCUT2D eigenvalue weighted by atomic mass is 10.0. The van der Waals surface area contributed by atoms with Crippen molar-refractivity contribution in [1.29, 1.82) is 0 Å². The Morgan fingerprint density at radius 2 is 0.926 bits per heavy atom. The lowest BCUT2D eigenvalue weighted by Gasteiger charge is -2.03. The Hall–Kier alpha value is -1.83. The van der Waals surface area contributed by atoms with Gasteiger partial charge in [0.25, 0.3) is 0 Å². The van der Waals surface area contributed by atoms with Gasteiger partial charge in [-0.25, -0.2) is 4.79 Å². The second-order valence-corrected chi connectivity index (χ2v) is 7.92. The highest BCUT2D eigenvalue weighted by molar-refractivity contribution is 5.80. The quantitative estimate of drug-likeness (QED) is 0.263. The summed E-state index contributed by atoms with van der Waals surface area (Å²) < 4.78 is 0. The Labute approximate surface area is 167 Å². The number of carboxylic acids is 1. The molecule has 0 atom stereocenters. The van der Waals surface area contributed by atoms with E-state index in [1.807, 2.05) is 6.92 Å². The summed E-state index contributed by atoms with van der Waals surface area (Å²) >= 11 is 0. The number of allylic oxidation sites excluding steroid dienone is 9. The van der Waals surface area contributed by atoms with Gasteiger partial charge in [0, 0.05) is 6.08 Å². The van der Waals surface area contributed by atoms with E-state index in [2.05, 4.69) is 58.9 Å². The fourth-order valence-corrected chi connectivity index (χ4v) is 2.82. The first kappa shape index (κ1) is 25.2. The average Bonchev–Trinajstić information content (AvgIpc) is 2.53. The van der Waals surface area contributed by atoms with Crippen LogP contribution in [0, 0.1) is 0 Å². The monoisotopic (exact) mass is 372 g/mol. The highest BCUT2D eigenvalue weighted by atomic mass is 16.4. The Morgan fingerprint density at radius 1 is 0.593 bits per heavy atom. The summed E-state index contributed by atoms with van der Waals surface area (Å²) in [6.07, 6.45) is 19.1. The van der Waals surface area contributed by atoms with Gasteiger partial charge in [0.15, 0.2) is 0 Å². The van der Waals surface area contributed by atoms with Gasteiger partial charge in [0.1, 0.15) is 0 Å². The van der Waals surface area contributed by atoms with Gasteiger partial charge in [-0.2, -0.15) is 0 Å². The molecule has 0 saturated carbocycles. The van der Waals surface area contributed by atoms with Crippen LogP contribution in [0.2, 0.25) is 0 Å². The summed E-state index contributed by atoms with van der Waals surface area (Å²) in [4.78, 5) is 10.6. The topological polar surface area (TPSA) is 37.3 Å². The summed E-state index contributed by atoms with van der Waals surface area (Å²) in [7, 11) is 0. The molecule has 0 spiro atoms. The molecule has 0 saturated heterocycles. The third-order valence-electron chi connectivity index (χ3n) is 4.56. The molecule has 0 radical (unpaired) electrons. The number of carbonyl (C=O) groups is 1. The first-order valence-electron chi connectivity index (χ1n) is 10.2. The molecule has 0 rings (SSSR count). The van der Waals surface area contributed by atoms with Crippen molar-refractivity contribution in [2.75, 3.05) is 0 Å². The maximum absolute atomic E-state index is 10.6. The Bertz CT molecular complexity index is 594. The molecule has 0 heterocycles. The van der Waals surface area contributed by atoms with Gasteiger partial charge >= 0.3 is 5.97 Å². The number of rotatable bonds is 13. The third kappa shape index (κ3) is 17.3. The van der Waals surface area contributed by atoms with Gasteiger partial charge in [0.05, 0.1) is 0 Å². The van der Waals surface area contributed by atoms with Crippen molar-refractivity contribution in [3.05, 3.63) is 58.2 Å². The zero-order valence-electron chi connectivity index (χ0n) is 18.4. The van der Waals surface area contributed by atoms with E-state index in [0.29, 0.717) is 0 Å². The highest BCUT2D eigenvalue weighted by Crippen LogP contribution is 2.14. The standard InChI is InChI=1S/C25H40O2/c1-20(2)11-7-12-21(3)13-8-14-22(4)15-9-16-23(5)17-10-18-24(6)19-25(26)27/h11,13,15,17,19H,7-10,12,14,16,18H2,1-6H3,(H,26,27)/b21-13?,22-15?,23-17+,24-19+. The number of carboxylic acid groups (broad SMARTS) is 1. The van der Waals surface area contributed by atoms with Crippen LogP contribution in [0.3, 0.4) is 0 Å². The van der Waals surface area contributed by atoms with Crippen molar-refractivity contribution in [3.63, 3.8) is 0 Å². The lowest BCUT2D eigenvalue weighted by Crippen LogP contribution is -1.89. The fraction of sp³-hybridized carbons (Fsp3) is 0.560. The molecule has 0 amide bonds. The number of aliphatic carboxylic acids is 1. The molecule has 0 aromatic rings. The summed E-state index contributed by atoms with van der Waals surface area (Å²) in [5.74, 6) is -0.855. The molecule has 0 aromatic carbocycles. The van der Waals surface area contributed by atoms with E-state index in [0.717, 1.165) is 50.5 Å². The van der Waals surface area contributed by atoms with Crippen LogP contribution in [-0.4, -0.2) is 11.1 Å². The van der Waals surface area contributed by atoms with E-state index < -0.39 is 5.97 Å². The summed E-state index contributed by atoms with van der Waals surface area (Å²) in [5, 5.41) is 8.71. The molecule has 0 fully saturated rings. The van der Waals surface area contributed by atoms with Crippen molar-refractivity contribution in [1.82, 2.24) is 0 Å². The average molecular weight is 373 g/mol. The van der Waals surface area contributed by atoms with Gasteiger partial charge in [0.2, 0.25) is 0 Å². The zero-order chi connectivity index (χ0) is 20.7. The van der Waals surface area contributed by atoms with Gasteiger partial charge in [-0.15, -0.1) is 0 Å². The minimum atomic E-state index is -0.855. The van der Waals surface area contributed by atoms with E-state index >= 15 is 0 Å². The van der Waals surface area contributed by atoms with Crippen molar-refractivity contribution >= 4 is 5.97 Å². The van der Waals surface area contributed by atoms with Crippen LogP contribution < -0.4 is 0 Å². The summed E-state index contributed by atoms with van der Waals surface area (Å²) in [6.45, 7) is 12.8. The highest BCUT2D eigenvalue weighted by Gasteiger charge is 1.96. The second-order valence-electron chi connectivity index (χ2n) is 7.92. The maximum Gasteiger partial charge on any atom is 0.328 e. The lowest BCUT2D eigenvalue weighted by molar-refractivity contribution is -0.131. The van der Waals surface area contributed by atoms with Crippen LogP contribution >= 0.6 is 0 Å². The van der Waals surface area contributed by atoms with Crippen LogP contribution in [0.1, 0.15) is 92.9 Å². The Morgan fingerprint density at radius 3 is 1.26 bits per heavy atom. The van der Waals surface area contributed by atoms with Crippen molar-refractivity contribution in [3.8, 4) is 0 Å². The Kier molecular flexibility index (Phi) is 14.2. The van der Waals surface area contributed by atoms with Gasteiger partial charge in [-0.3, -0.25) is 0 Å². The van der Waals surface area contributed by atoms with E-state index in [9.17, 15) is 4.79 Å². The van der Waals surface area contributed by atoms with Crippen molar-refractivity contribution in [2.24, 2.45) is 0 Å². The first-order valence-corrected chi connectivity index (χ1v) is 10.2. The second kappa shape index (κ2) is 15.2. The minimum Gasteiger partial charge on any atom is -0.478 e. The van der Waals surface area contributed by atoms with E-state index in [1.54, 1.807) is 0 Å². The molecule has 0 aliphatic rings. The van der Waals surface area contributed by atoms with Crippen molar-refractivity contribution in [2.45, 2.75) is 92.9 Å². The van der Waals surface area contributed by atoms with Crippen LogP contribution in [-0.2, 0) is 4.79 Å². The normalized spacial score (nSPS) is 13.7. The Balaban J connectivity index is 4.08. The van der Waals surface area contributed by atoms with Gasteiger partial charge in [-0.05, 0) is 92.9 Å². The molecule has 152 valence electrons. The summed E-state index contributed by atoms with van der Waals surface area (Å²) in [5.41, 5.74) is 6.67. The zero-order valence-corrected chi connectivity index (χ0v) is 18.4. The van der Waals surface area contributed by atoms with Crippen LogP contribution in [0.25, 0.3) is 0 Å². The van der Waals surface area contributed by atoms with E-state index in [4.69, 9.17) is 5.11 Å². The van der Waals surface area contributed by atoms with Crippen LogP contribution in [0.15, 0.2) is 58.2 Å². The van der Waals surface area contributed by atoms with Gasteiger partial charge < -0.3 is 5.11 Å². The smallest absolute Gasteiger partial charge is 0.328 e. The molecule has 2 heteroatoms. The molecule has 0 aromatic heterocycles. The molecule has 0 aliphatic carbocycles. The molecule has 0 bridgehead atoms. The first-order chi connectivity index (χ1) is 12.7.